The number of benzene rings is 4. The molecule has 0 aliphatic rings. The lowest BCUT2D eigenvalue weighted by molar-refractivity contribution is 0.100. The fourth-order valence-electron chi connectivity index (χ4n) is 2.94. The molecule has 4 aromatic carbocycles. The topological polar surface area (TPSA) is 74.6 Å². The van der Waals surface area contributed by atoms with Gasteiger partial charge < -0.3 is 10.0 Å². The molecule has 0 saturated heterocycles. The molecule has 0 aliphatic heterocycles. The number of aryl methyl sites for hydroxylation is 1. The van der Waals surface area contributed by atoms with Gasteiger partial charge in [-0.15, -0.1) is 0 Å². The second kappa shape index (κ2) is 13.7. The van der Waals surface area contributed by atoms with Gasteiger partial charge in [-0.05, 0) is 37.4 Å². The predicted octanol–water partition coefficient (Wildman–Crippen LogP) is 5.12. The first-order chi connectivity index (χ1) is 16.3. The van der Waals surface area contributed by atoms with Gasteiger partial charge in [0.1, 0.15) is 0 Å². The van der Waals surface area contributed by atoms with Gasteiger partial charge in [-0.3, -0.25) is 9.59 Å². The Balaban J connectivity index is 0.000000189. The van der Waals surface area contributed by atoms with E-state index in [0.29, 0.717) is 5.46 Å². The number of rotatable bonds is 4. The van der Waals surface area contributed by atoms with Crippen LogP contribution in [0.15, 0.2) is 109 Å². The SMILES string of the molecule is CC(=O)c1ccc(-c2ccccc2)cc1.CC(=O)c1ccc(C)cc1.OB(O)c1ccccc1. The van der Waals surface area contributed by atoms with E-state index in [4.69, 9.17) is 10.0 Å². The Morgan fingerprint density at radius 2 is 0.941 bits per heavy atom. The summed E-state index contributed by atoms with van der Waals surface area (Å²) >= 11 is 0. The summed E-state index contributed by atoms with van der Waals surface area (Å²) in [5.41, 5.74) is 5.57. The van der Waals surface area contributed by atoms with Crippen LogP contribution in [0.2, 0.25) is 0 Å². The summed E-state index contributed by atoms with van der Waals surface area (Å²) in [5, 5.41) is 17.2. The minimum Gasteiger partial charge on any atom is -0.423 e. The van der Waals surface area contributed by atoms with Gasteiger partial charge >= 0.3 is 7.12 Å². The number of ketones is 2. The van der Waals surface area contributed by atoms with E-state index in [0.717, 1.165) is 16.7 Å². The summed E-state index contributed by atoms with van der Waals surface area (Å²) < 4.78 is 0. The summed E-state index contributed by atoms with van der Waals surface area (Å²) in [6, 6.07) is 34.0. The van der Waals surface area contributed by atoms with Gasteiger partial charge in [0.15, 0.2) is 11.6 Å². The first kappa shape index (κ1) is 26.5. The standard InChI is InChI=1S/C14H12O.C9H10O.C6H7BO2/c1-11(15)12-7-9-14(10-8-12)13-5-3-2-4-6-13;1-7-3-5-9(6-4-7)8(2)10;8-7(9)6-4-2-1-3-5-6/h2-10H,1H3;3-6H,1-2H3;1-5,8-9H. The fraction of sp³-hybridized carbons (Fsp3) is 0.103. The van der Waals surface area contributed by atoms with Crippen LogP contribution < -0.4 is 5.46 Å². The van der Waals surface area contributed by atoms with Gasteiger partial charge in [0, 0.05) is 11.1 Å². The summed E-state index contributed by atoms with van der Waals surface area (Å²) in [7, 11) is -1.34. The third kappa shape index (κ3) is 8.98. The molecule has 0 bridgehead atoms. The van der Waals surface area contributed by atoms with Crippen molar-refractivity contribution < 1.29 is 19.6 Å². The van der Waals surface area contributed by atoms with Gasteiger partial charge in [0.05, 0.1) is 0 Å². The Kier molecular flexibility index (Phi) is 10.6. The second-order valence-corrected chi connectivity index (χ2v) is 7.71. The molecule has 0 heterocycles. The maximum absolute atomic E-state index is 11.1. The zero-order valence-corrected chi connectivity index (χ0v) is 19.7. The third-order valence-electron chi connectivity index (χ3n) is 4.95. The number of Topliss-reactive ketones (excluding diaryl/α,β-unsaturated/α-hetero) is 2. The molecule has 4 rings (SSSR count). The van der Waals surface area contributed by atoms with Crippen LogP contribution in [-0.2, 0) is 0 Å². The Morgan fingerprint density at radius 3 is 1.32 bits per heavy atom. The van der Waals surface area contributed by atoms with Crippen LogP contribution in [0.5, 0.6) is 0 Å². The molecular weight excluding hydrogens is 423 g/mol. The molecule has 172 valence electrons. The molecule has 0 unspecified atom stereocenters. The van der Waals surface area contributed by atoms with Crippen LogP contribution in [0.3, 0.4) is 0 Å². The molecule has 0 aromatic heterocycles. The van der Waals surface area contributed by atoms with Crippen molar-refractivity contribution in [2.45, 2.75) is 20.8 Å². The van der Waals surface area contributed by atoms with E-state index in [9.17, 15) is 9.59 Å². The van der Waals surface area contributed by atoms with Crippen LogP contribution in [0.4, 0.5) is 0 Å². The van der Waals surface area contributed by atoms with E-state index >= 15 is 0 Å². The smallest absolute Gasteiger partial charge is 0.423 e. The number of hydrogen-bond donors (Lipinski definition) is 2. The number of hydrogen-bond acceptors (Lipinski definition) is 4. The zero-order chi connectivity index (χ0) is 24.9. The molecule has 0 fully saturated rings. The maximum atomic E-state index is 11.1. The normalized spacial score (nSPS) is 9.56. The van der Waals surface area contributed by atoms with Gasteiger partial charge in [-0.25, -0.2) is 0 Å². The van der Waals surface area contributed by atoms with E-state index < -0.39 is 7.12 Å². The molecular formula is C29H29BO4. The monoisotopic (exact) mass is 452 g/mol. The molecule has 0 saturated carbocycles. The van der Waals surface area contributed by atoms with Crippen molar-refractivity contribution in [3.05, 3.63) is 126 Å². The Hall–Kier alpha value is -3.80. The molecule has 0 aliphatic carbocycles. The lowest BCUT2D eigenvalue weighted by Crippen LogP contribution is -2.29. The van der Waals surface area contributed by atoms with Gasteiger partial charge in [-0.2, -0.15) is 0 Å². The summed E-state index contributed by atoms with van der Waals surface area (Å²) in [5.74, 6) is 0.231. The highest BCUT2D eigenvalue weighted by atomic mass is 16.4. The van der Waals surface area contributed by atoms with Gasteiger partial charge in [-0.1, -0.05) is 115 Å². The van der Waals surface area contributed by atoms with Crippen LogP contribution in [0, 0.1) is 6.92 Å². The van der Waals surface area contributed by atoms with E-state index in [1.54, 1.807) is 38.1 Å². The van der Waals surface area contributed by atoms with Crippen LogP contribution in [0.1, 0.15) is 40.1 Å². The highest BCUT2D eigenvalue weighted by Crippen LogP contribution is 2.19. The average Bonchev–Trinajstić information content (AvgIpc) is 2.86. The van der Waals surface area contributed by atoms with Crippen molar-refractivity contribution in [2.24, 2.45) is 0 Å². The average molecular weight is 452 g/mol. The van der Waals surface area contributed by atoms with Gasteiger partial charge in [0.2, 0.25) is 0 Å². The van der Waals surface area contributed by atoms with E-state index in [1.165, 1.54) is 11.1 Å². The third-order valence-corrected chi connectivity index (χ3v) is 4.95. The first-order valence-electron chi connectivity index (χ1n) is 10.9. The predicted molar refractivity (Wildman–Crippen MR) is 139 cm³/mol. The molecule has 0 atom stereocenters. The van der Waals surface area contributed by atoms with Crippen LogP contribution in [0.25, 0.3) is 11.1 Å². The van der Waals surface area contributed by atoms with Gasteiger partial charge in [0.25, 0.3) is 0 Å². The molecule has 0 spiro atoms. The van der Waals surface area contributed by atoms with Crippen molar-refractivity contribution in [2.75, 3.05) is 0 Å². The van der Waals surface area contributed by atoms with Crippen molar-refractivity contribution >= 4 is 24.1 Å². The van der Waals surface area contributed by atoms with Crippen molar-refractivity contribution in [1.29, 1.82) is 0 Å². The van der Waals surface area contributed by atoms with E-state index in [2.05, 4.69) is 12.1 Å². The van der Waals surface area contributed by atoms with Crippen LogP contribution >= 0.6 is 0 Å². The molecule has 0 amide bonds. The van der Waals surface area contributed by atoms with E-state index in [-0.39, 0.29) is 11.6 Å². The zero-order valence-electron chi connectivity index (χ0n) is 19.7. The maximum Gasteiger partial charge on any atom is 0.488 e. The Labute approximate surface area is 201 Å². The minimum atomic E-state index is -1.34. The Morgan fingerprint density at radius 1 is 0.559 bits per heavy atom. The molecule has 5 heteroatoms. The van der Waals surface area contributed by atoms with Crippen molar-refractivity contribution in [3.8, 4) is 11.1 Å². The molecule has 0 radical (unpaired) electrons. The highest BCUT2D eigenvalue weighted by molar-refractivity contribution is 6.58. The number of carbonyl (C=O) groups excluding carboxylic acids is 2. The summed E-state index contributed by atoms with van der Waals surface area (Å²) in [4.78, 5) is 21.8. The molecule has 34 heavy (non-hydrogen) atoms. The lowest BCUT2D eigenvalue weighted by atomic mass is 9.81. The largest absolute Gasteiger partial charge is 0.488 e. The molecule has 2 N–H and O–H groups in total. The number of carbonyl (C=O) groups is 2. The lowest BCUT2D eigenvalue weighted by Gasteiger charge is -2.01. The summed E-state index contributed by atoms with van der Waals surface area (Å²) in [6.07, 6.45) is 0. The Bertz CT molecular complexity index is 1150. The van der Waals surface area contributed by atoms with Crippen molar-refractivity contribution in [3.63, 3.8) is 0 Å². The molecule has 4 nitrogen and oxygen atoms in total. The van der Waals surface area contributed by atoms with Crippen molar-refractivity contribution in [1.82, 2.24) is 0 Å². The van der Waals surface area contributed by atoms with Crippen LogP contribution in [-0.4, -0.2) is 28.7 Å². The highest BCUT2D eigenvalue weighted by Gasteiger charge is 2.07. The summed E-state index contributed by atoms with van der Waals surface area (Å²) in [6.45, 7) is 5.16. The fourth-order valence-corrected chi connectivity index (χ4v) is 2.94. The molecule has 4 aromatic rings. The minimum absolute atomic E-state index is 0.106. The first-order valence-corrected chi connectivity index (χ1v) is 10.9. The second-order valence-electron chi connectivity index (χ2n) is 7.71. The van der Waals surface area contributed by atoms with E-state index in [1.807, 2.05) is 79.7 Å². The quantitative estimate of drug-likeness (QED) is 0.333.